The summed E-state index contributed by atoms with van der Waals surface area (Å²) in [5.74, 6) is 0.767. The van der Waals surface area contributed by atoms with Gasteiger partial charge in [-0.3, -0.25) is 0 Å². The Morgan fingerprint density at radius 2 is 2.00 bits per heavy atom. The van der Waals surface area contributed by atoms with Gasteiger partial charge in [-0.25, -0.2) is 0 Å². The third-order valence-electron chi connectivity index (χ3n) is 2.94. The first-order chi connectivity index (χ1) is 7.22. The van der Waals surface area contributed by atoms with Crippen molar-refractivity contribution in [2.24, 2.45) is 5.92 Å². The molecule has 0 aromatic carbocycles. The summed E-state index contributed by atoms with van der Waals surface area (Å²) in [6, 6.07) is 0.489. The molecule has 1 saturated carbocycles. The second kappa shape index (κ2) is 7.20. The summed E-state index contributed by atoms with van der Waals surface area (Å²) in [6.45, 7) is 5.82. The first-order valence-corrected chi connectivity index (χ1v) is 6.17. The molecule has 1 atom stereocenters. The molecule has 0 bridgehead atoms. The average Bonchev–Trinajstić information content (AvgIpc) is 2.68. The Labute approximate surface area is 93.2 Å². The molecule has 1 aliphatic carbocycles. The number of hydrogen-bond donors (Lipinski definition) is 2. The standard InChI is InChI=1S/C12H25NO2/c1-10(2)13-12(7-14)9-15-8-11-5-3-4-6-11/h10-14H,3-9H2,1-2H3. The van der Waals surface area contributed by atoms with E-state index in [2.05, 4.69) is 19.2 Å². The second-order valence-electron chi connectivity index (χ2n) is 4.89. The number of ether oxygens (including phenoxy) is 1. The van der Waals surface area contributed by atoms with Crippen LogP contribution in [-0.4, -0.2) is 37.0 Å². The van der Waals surface area contributed by atoms with E-state index < -0.39 is 0 Å². The smallest absolute Gasteiger partial charge is 0.0642 e. The molecule has 1 unspecified atom stereocenters. The predicted octanol–water partition coefficient (Wildman–Crippen LogP) is 1.55. The second-order valence-corrected chi connectivity index (χ2v) is 4.89. The fraction of sp³-hybridized carbons (Fsp3) is 1.00. The minimum absolute atomic E-state index is 0.0893. The van der Waals surface area contributed by atoms with Crippen molar-refractivity contribution in [2.45, 2.75) is 51.6 Å². The van der Waals surface area contributed by atoms with Gasteiger partial charge >= 0.3 is 0 Å². The molecule has 0 amide bonds. The van der Waals surface area contributed by atoms with Gasteiger partial charge in [0, 0.05) is 12.6 Å². The number of hydrogen-bond acceptors (Lipinski definition) is 3. The van der Waals surface area contributed by atoms with Gasteiger partial charge in [0.15, 0.2) is 0 Å². The molecule has 90 valence electrons. The Balaban J connectivity index is 2.05. The molecular weight excluding hydrogens is 190 g/mol. The third-order valence-corrected chi connectivity index (χ3v) is 2.94. The van der Waals surface area contributed by atoms with Gasteiger partial charge < -0.3 is 15.2 Å². The summed E-state index contributed by atoms with van der Waals surface area (Å²) >= 11 is 0. The highest BCUT2D eigenvalue weighted by molar-refractivity contribution is 4.69. The van der Waals surface area contributed by atoms with Gasteiger partial charge in [-0.15, -0.1) is 0 Å². The van der Waals surface area contributed by atoms with Crippen LogP contribution in [0.5, 0.6) is 0 Å². The Morgan fingerprint density at radius 3 is 2.53 bits per heavy atom. The van der Waals surface area contributed by atoms with Gasteiger partial charge in [-0.05, 0) is 18.8 Å². The average molecular weight is 215 g/mol. The Kier molecular flexibility index (Phi) is 6.22. The zero-order chi connectivity index (χ0) is 11.1. The topological polar surface area (TPSA) is 41.5 Å². The van der Waals surface area contributed by atoms with Crippen LogP contribution in [0.3, 0.4) is 0 Å². The van der Waals surface area contributed by atoms with Crippen molar-refractivity contribution >= 4 is 0 Å². The van der Waals surface area contributed by atoms with Crippen molar-refractivity contribution in [1.29, 1.82) is 0 Å². The lowest BCUT2D eigenvalue weighted by Gasteiger charge is -2.20. The maximum atomic E-state index is 9.12. The van der Waals surface area contributed by atoms with Crippen LogP contribution < -0.4 is 5.32 Å². The number of aliphatic hydroxyl groups excluding tert-OH is 1. The molecule has 0 heterocycles. The Bertz CT molecular complexity index is 156. The van der Waals surface area contributed by atoms with Gasteiger partial charge in [0.05, 0.1) is 19.3 Å². The molecule has 0 saturated heterocycles. The van der Waals surface area contributed by atoms with Crippen LogP contribution in [0.4, 0.5) is 0 Å². The summed E-state index contributed by atoms with van der Waals surface area (Å²) in [4.78, 5) is 0. The van der Waals surface area contributed by atoms with Gasteiger partial charge in [0.1, 0.15) is 0 Å². The minimum atomic E-state index is 0.0893. The molecule has 1 aliphatic rings. The maximum Gasteiger partial charge on any atom is 0.0642 e. The maximum absolute atomic E-state index is 9.12. The first-order valence-electron chi connectivity index (χ1n) is 6.17. The van der Waals surface area contributed by atoms with E-state index in [1.165, 1.54) is 25.7 Å². The molecule has 0 spiro atoms. The van der Waals surface area contributed by atoms with Crippen LogP contribution in [0.15, 0.2) is 0 Å². The van der Waals surface area contributed by atoms with Gasteiger partial charge in [-0.1, -0.05) is 26.7 Å². The molecule has 2 N–H and O–H groups in total. The SMILES string of the molecule is CC(C)NC(CO)COCC1CCCC1. The molecular formula is C12H25NO2. The fourth-order valence-electron chi connectivity index (χ4n) is 2.18. The largest absolute Gasteiger partial charge is 0.395 e. The first kappa shape index (κ1) is 12.9. The molecule has 3 nitrogen and oxygen atoms in total. The van der Waals surface area contributed by atoms with Crippen molar-refractivity contribution < 1.29 is 9.84 Å². The third kappa shape index (κ3) is 5.50. The minimum Gasteiger partial charge on any atom is -0.395 e. The lowest BCUT2D eigenvalue weighted by atomic mass is 10.1. The van der Waals surface area contributed by atoms with Crippen LogP contribution in [0.1, 0.15) is 39.5 Å². The van der Waals surface area contributed by atoms with Crippen LogP contribution in [0, 0.1) is 5.92 Å². The van der Waals surface area contributed by atoms with Crippen LogP contribution in [-0.2, 0) is 4.74 Å². The monoisotopic (exact) mass is 215 g/mol. The van der Waals surface area contributed by atoms with E-state index in [9.17, 15) is 0 Å². The molecule has 0 aliphatic heterocycles. The number of rotatable bonds is 7. The summed E-state index contributed by atoms with van der Waals surface area (Å²) < 4.78 is 5.65. The summed E-state index contributed by atoms with van der Waals surface area (Å²) in [7, 11) is 0. The molecule has 0 aromatic rings. The lowest BCUT2D eigenvalue weighted by molar-refractivity contribution is 0.0642. The van der Waals surface area contributed by atoms with E-state index in [1.54, 1.807) is 0 Å². The van der Waals surface area contributed by atoms with E-state index in [0.717, 1.165) is 12.5 Å². The van der Waals surface area contributed by atoms with Crippen LogP contribution >= 0.6 is 0 Å². The number of nitrogens with one attached hydrogen (secondary N) is 1. The Hall–Kier alpha value is -0.120. The van der Waals surface area contributed by atoms with Crippen molar-refractivity contribution in [3.8, 4) is 0 Å². The highest BCUT2D eigenvalue weighted by Crippen LogP contribution is 2.24. The highest BCUT2D eigenvalue weighted by Gasteiger charge is 2.16. The van der Waals surface area contributed by atoms with Crippen molar-refractivity contribution in [3.05, 3.63) is 0 Å². The highest BCUT2D eigenvalue weighted by atomic mass is 16.5. The predicted molar refractivity (Wildman–Crippen MR) is 61.9 cm³/mol. The molecule has 0 radical (unpaired) electrons. The summed E-state index contributed by atoms with van der Waals surface area (Å²) in [5, 5.41) is 12.4. The van der Waals surface area contributed by atoms with E-state index in [0.29, 0.717) is 12.6 Å². The van der Waals surface area contributed by atoms with E-state index in [1.807, 2.05) is 0 Å². The molecule has 1 rings (SSSR count). The summed E-state index contributed by atoms with van der Waals surface area (Å²) in [6.07, 6.45) is 5.37. The van der Waals surface area contributed by atoms with Gasteiger partial charge in [0.2, 0.25) is 0 Å². The fourth-order valence-corrected chi connectivity index (χ4v) is 2.18. The molecule has 0 aromatic heterocycles. The molecule has 3 heteroatoms. The normalized spacial score (nSPS) is 20.0. The van der Waals surface area contributed by atoms with Crippen molar-refractivity contribution in [2.75, 3.05) is 19.8 Å². The van der Waals surface area contributed by atoms with Gasteiger partial charge in [0.25, 0.3) is 0 Å². The van der Waals surface area contributed by atoms with Gasteiger partial charge in [-0.2, -0.15) is 0 Å². The molecule has 1 fully saturated rings. The van der Waals surface area contributed by atoms with E-state index in [4.69, 9.17) is 9.84 Å². The van der Waals surface area contributed by atoms with Crippen molar-refractivity contribution in [1.82, 2.24) is 5.32 Å². The summed E-state index contributed by atoms with van der Waals surface area (Å²) in [5.41, 5.74) is 0. The lowest BCUT2D eigenvalue weighted by Crippen LogP contribution is -2.41. The van der Waals surface area contributed by atoms with Crippen LogP contribution in [0.2, 0.25) is 0 Å². The number of aliphatic hydroxyl groups is 1. The van der Waals surface area contributed by atoms with E-state index >= 15 is 0 Å². The Morgan fingerprint density at radius 1 is 1.33 bits per heavy atom. The van der Waals surface area contributed by atoms with Crippen molar-refractivity contribution in [3.63, 3.8) is 0 Å². The van der Waals surface area contributed by atoms with Crippen LogP contribution in [0.25, 0.3) is 0 Å². The zero-order valence-corrected chi connectivity index (χ0v) is 10.0. The quantitative estimate of drug-likeness (QED) is 0.677. The van der Waals surface area contributed by atoms with E-state index in [-0.39, 0.29) is 12.6 Å². The zero-order valence-electron chi connectivity index (χ0n) is 10.0. The molecule has 15 heavy (non-hydrogen) atoms.